The second kappa shape index (κ2) is 4.74. The second-order valence-electron chi connectivity index (χ2n) is 3.37. The van der Waals surface area contributed by atoms with Crippen molar-refractivity contribution < 1.29 is 5.11 Å². The van der Waals surface area contributed by atoms with E-state index in [9.17, 15) is 5.11 Å². The topological polar surface area (TPSA) is 35.5 Å². The van der Waals surface area contributed by atoms with Crippen LogP contribution in [0.2, 0.25) is 0 Å². The number of phenolic OH excluding ortho intramolecular Hbond substituents is 1. The molecule has 14 heavy (non-hydrogen) atoms. The number of nitrogens with zero attached hydrogens (tertiary/aromatic N) is 1. The highest BCUT2D eigenvalue weighted by atomic mass is 16.3. The molecule has 0 bridgehead atoms. The molecule has 0 spiro atoms. The third-order valence-electron chi connectivity index (χ3n) is 2.22. The highest BCUT2D eigenvalue weighted by Gasteiger charge is 2.05. The number of nitrogens with one attached hydrogen (secondary N) is 1. The summed E-state index contributed by atoms with van der Waals surface area (Å²) in [5, 5.41) is 12.4. The molecule has 0 radical (unpaired) electrons. The zero-order chi connectivity index (χ0) is 10.6. The maximum absolute atomic E-state index is 9.32. The summed E-state index contributed by atoms with van der Waals surface area (Å²) >= 11 is 0. The lowest BCUT2D eigenvalue weighted by molar-refractivity contribution is 0.475. The molecule has 0 atom stereocenters. The van der Waals surface area contributed by atoms with Gasteiger partial charge in [0.1, 0.15) is 5.75 Å². The number of hydrogen-bond acceptors (Lipinski definition) is 3. The van der Waals surface area contributed by atoms with Crippen LogP contribution < -0.4 is 10.2 Å². The number of benzene rings is 1. The summed E-state index contributed by atoms with van der Waals surface area (Å²) in [7, 11) is 3.91. The fourth-order valence-electron chi connectivity index (χ4n) is 1.51. The fourth-order valence-corrected chi connectivity index (χ4v) is 1.51. The maximum atomic E-state index is 9.32. The average Bonchev–Trinajstić information content (AvgIpc) is 2.17. The summed E-state index contributed by atoms with van der Waals surface area (Å²) in [4.78, 5) is 2.17. The van der Waals surface area contributed by atoms with Gasteiger partial charge in [0.05, 0.1) is 11.4 Å². The average molecular weight is 194 g/mol. The minimum absolute atomic E-state index is 0.294. The summed E-state index contributed by atoms with van der Waals surface area (Å²) in [6.45, 7) is 3.16. The number of rotatable bonds is 4. The molecule has 3 nitrogen and oxygen atoms in total. The highest BCUT2D eigenvalue weighted by molar-refractivity contribution is 5.71. The molecule has 3 heteroatoms. The first kappa shape index (κ1) is 10.7. The Morgan fingerprint density at radius 1 is 1.43 bits per heavy atom. The van der Waals surface area contributed by atoms with Gasteiger partial charge in [-0.05, 0) is 18.6 Å². The first-order valence-corrected chi connectivity index (χ1v) is 4.91. The quantitative estimate of drug-likeness (QED) is 0.772. The van der Waals surface area contributed by atoms with Crippen molar-refractivity contribution >= 4 is 11.4 Å². The lowest BCUT2D eigenvalue weighted by Gasteiger charge is -2.21. The van der Waals surface area contributed by atoms with Gasteiger partial charge in [0.2, 0.25) is 0 Å². The molecule has 0 fully saturated rings. The molecule has 1 rings (SSSR count). The van der Waals surface area contributed by atoms with Crippen LogP contribution in [-0.4, -0.2) is 25.7 Å². The van der Waals surface area contributed by atoms with Crippen LogP contribution in [0.3, 0.4) is 0 Å². The van der Waals surface area contributed by atoms with Crippen molar-refractivity contribution in [3.8, 4) is 5.75 Å². The summed E-state index contributed by atoms with van der Waals surface area (Å²) in [5.74, 6) is 0.294. The Labute approximate surface area is 85.4 Å². The van der Waals surface area contributed by atoms with Gasteiger partial charge in [-0.2, -0.15) is 0 Å². The maximum Gasteiger partial charge on any atom is 0.117 e. The second-order valence-corrected chi connectivity index (χ2v) is 3.37. The summed E-state index contributed by atoms with van der Waals surface area (Å²) in [6.07, 6.45) is 1.11. The number of phenols is 1. The zero-order valence-electron chi connectivity index (χ0n) is 9.04. The number of aromatic hydroxyl groups is 1. The molecule has 0 heterocycles. The molecule has 0 amide bonds. The van der Waals surface area contributed by atoms with Crippen molar-refractivity contribution in [3.05, 3.63) is 18.2 Å². The molecule has 0 aliphatic carbocycles. The van der Waals surface area contributed by atoms with Crippen molar-refractivity contribution in [2.75, 3.05) is 30.9 Å². The number of anilines is 2. The summed E-state index contributed by atoms with van der Waals surface area (Å²) in [6, 6.07) is 5.38. The molecule has 0 saturated carbocycles. The predicted molar refractivity (Wildman–Crippen MR) is 61.2 cm³/mol. The summed E-state index contributed by atoms with van der Waals surface area (Å²) < 4.78 is 0. The van der Waals surface area contributed by atoms with E-state index in [1.807, 2.05) is 13.1 Å². The van der Waals surface area contributed by atoms with E-state index in [0.717, 1.165) is 24.3 Å². The van der Waals surface area contributed by atoms with Crippen LogP contribution in [0, 0.1) is 0 Å². The van der Waals surface area contributed by atoms with Crippen LogP contribution in [0.4, 0.5) is 11.4 Å². The molecule has 0 aliphatic heterocycles. The van der Waals surface area contributed by atoms with E-state index in [1.165, 1.54) is 0 Å². The molecule has 0 aromatic heterocycles. The smallest absolute Gasteiger partial charge is 0.117 e. The predicted octanol–water partition coefficient (Wildman–Crippen LogP) is 2.28. The molecule has 1 aromatic carbocycles. The molecule has 2 N–H and O–H groups in total. The van der Waals surface area contributed by atoms with Crippen molar-refractivity contribution in [1.29, 1.82) is 0 Å². The molecule has 0 saturated heterocycles. The van der Waals surface area contributed by atoms with Crippen LogP contribution in [0.15, 0.2) is 18.2 Å². The van der Waals surface area contributed by atoms with Crippen LogP contribution in [-0.2, 0) is 0 Å². The standard InChI is InChI=1S/C11H18N2O/c1-4-7-13(3)11-6-5-9(14)8-10(11)12-2/h5-6,8,12,14H,4,7H2,1-3H3. The Kier molecular flexibility index (Phi) is 3.63. The Bertz CT molecular complexity index is 299. The Morgan fingerprint density at radius 2 is 2.14 bits per heavy atom. The minimum atomic E-state index is 0.294. The highest BCUT2D eigenvalue weighted by Crippen LogP contribution is 2.28. The molecule has 0 unspecified atom stereocenters. The first-order valence-electron chi connectivity index (χ1n) is 4.91. The van der Waals surface area contributed by atoms with Gasteiger partial charge in [-0.15, -0.1) is 0 Å². The van der Waals surface area contributed by atoms with E-state index in [2.05, 4.69) is 24.2 Å². The first-order chi connectivity index (χ1) is 6.69. The van der Waals surface area contributed by atoms with Crippen LogP contribution in [0.25, 0.3) is 0 Å². The Morgan fingerprint density at radius 3 is 2.71 bits per heavy atom. The normalized spacial score (nSPS) is 9.93. The van der Waals surface area contributed by atoms with Gasteiger partial charge in [0.25, 0.3) is 0 Å². The van der Waals surface area contributed by atoms with Gasteiger partial charge >= 0.3 is 0 Å². The number of hydrogen-bond donors (Lipinski definition) is 2. The van der Waals surface area contributed by atoms with Gasteiger partial charge in [-0.1, -0.05) is 6.92 Å². The van der Waals surface area contributed by atoms with E-state index >= 15 is 0 Å². The zero-order valence-corrected chi connectivity index (χ0v) is 9.04. The molecule has 0 aliphatic rings. The minimum Gasteiger partial charge on any atom is -0.508 e. The van der Waals surface area contributed by atoms with Crippen molar-refractivity contribution in [2.24, 2.45) is 0 Å². The van der Waals surface area contributed by atoms with E-state index in [1.54, 1.807) is 12.1 Å². The molecule has 78 valence electrons. The van der Waals surface area contributed by atoms with Gasteiger partial charge < -0.3 is 15.3 Å². The van der Waals surface area contributed by atoms with E-state index < -0.39 is 0 Å². The lowest BCUT2D eigenvalue weighted by Crippen LogP contribution is -2.18. The van der Waals surface area contributed by atoms with Crippen LogP contribution in [0.5, 0.6) is 5.75 Å². The lowest BCUT2D eigenvalue weighted by atomic mass is 10.2. The largest absolute Gasteiger partial charge is 0.508 e. The van der Waals surface area contributed by atoms with E-state index in [0.29, 0.717) is 5.75 Å². The van der Waals surface area contributed by atoms with Crippen LogP contribution >= 0.6 is 0 Å². The monoisotopic (exact) mass is 194 g/mol. The third kappa shape index (κ3) is 2.31. The van der Waals surface area contributed by atoms with Crippen molar-refractivity contribution in [3.63, 3.8) is 0 Å². The third-order valence-corrected chi connectivity index (χ3v) is 2.22. The van der Waals surface area contributed by atoms with Gasteiger partial charge in [0, 0.05) is 26.7 Å². The van der Waals surface area contributed by atoms with Crippen molar-refractivity contribution in [1.82, 2.24) is 0 Å². The van der Waals surface area contributed by atoms with Gasteiger partial charge in [-0.25, -0.2) is 0 Å². The fraction of sp³-hybridized carbons (Fsp3) is 0.455. The van der Waals surface area contributed by atoms with Gasteiger partial charge in [-0.3, -0.25) is 0 Å². The molecular weight excluding hydrogens is 176 g/mol. The van der Waals surface area contributed by atoms with E-state index in [4.69, 9.17) is 0 Å². The van der Waals surface area contributed by atoms with E-state index in [-0.39, 0.29) is 0 Å². The summed E-state index contributed by atoms with van der Waals surface area (Å²) in [5.41, 5.74) is 2.08. The Balaban J connectivity index is 2.95. The SMILES string of the molecule is CCCN(C)c1ccc(O)cc1NC. The van der Waals surface area contributed by atoms with Crippen molar-refractivity contribution in [2.45, 2.75) is 13.3 Å². The Hall–Kier alpha value is -1.38. The molecule has 1 aromatic rings. The van der Waals surface area contributed by atoms with Crippen LogP contribution in [0.1, 0.15) is 13.3 Å². The molecular formula is C11H18N2O. The van der Waals surface area contributed by atoms with Gasteiger partial charge in [0.15, 0.2) is 0 Å².